The molecule has 116 valence electrons. The van der Waals surface area contributed by atoms with Crippen LogP contribution >= 0.6 is 0 Å². The van der Waals surface area contributed by atoms with Gasteiger partial charge in [-0.2, -0.15) is 0 Å². The molecule has 21 heavy (non-hydrogen) atoms. The molecule has 1 rings (SSSR count). The van der Waals surface area contributed by atoms with Crippen molar-refractivity contribution in [1.29, 1.82) is 0 Å². The summed E-state index contributed by atoms with van der Waals surface area (Å²) < 4.78 is 13.2. The lowest BCUT2D eigenvalue weighted by Crippen LogP contribution is -2.40. The number of benzene rings is 1. The zero-order valence-electron chi connectivity index (χ0n) is 12.1. The molecule has 0 unspecified atom stereocenters. The Balaban J connectivity index is 2.37. The van der Waals surface area contributed by atoms with Gasteiger partial charge in [0, 0.05) is 25.2 Å². The molecule has 2 amide bonds. The lowest BCUT2D eigenvalue weighted by Gasteiger charge is -2.21. The van der Waals surface area contributed by atoms with Gasteiger partial charge in [-0.3, -0.25) is 9.69 Å². The monoisotopic (exact) mass is 296 g/mol. The highest BCUT2D eigenvalue weighted by atomic mass is 19.1. The lowest BCUT2D eigenvalue weighted by molar-refractivity contribution is -0.137. The maximum absolute atomic E-state index is 13.2. The normalized spacial score (nSPS) is 10.2. The molecule has 0 radical (unpaired) electrons. The van der Waals surface area contributed by atoms with Crippen LogP contribution in [0, 0.1) is 5.82 Å². The molecule has 2 N–H and O–H groups in total. The summed E-state index contributed by atoms with van der Waals surface area (Å²) in [4.78, 5) is 23.8. The van der Waals surface area contributed by atoms with Crippen LogP contribution in [0.25, 0.3) is 0 Å². The summed E-state index contributed by atoms with van der Waals surface area (Å²) in [7, 11) is 0. The van der Waals surface area contributed by atoms with E-state index < -0.39 is 5.97 Å². The van der Waals surface area contributed by atoms with Crippen LogP contribution < -0.4 is 10.2 Å². The number of rotatable bonds is 8. The van der Waals surface area contributed by atoms with E-state index >= 15 is 0 Å². The van der Waals surface area contributed by atoms with Gasteiger partial charge >= 0.3 is 12.0 Å². The van der Waals surface area contributed by atoms with E-state index in [4.69, 9.17) is 5.11 Å². The molecule has 0 heterocycles. The average Bonchev–Trinajstić information content (AvgIpc) is 2.43. The fourth-order valence-electron chi connectivity index (χ4n) is 1.96. The Labute approximate surface area is 123 Å². The topological polar surface area (TPSA) is 69.6 Å². The van der Waals surface area contributed by atoms with Gasteiger partial charge in [-0.15, -0.1) is 0 Å². The molecule has 0 spiro atoms. The summed E-state index contributed by atoms with van der Waals surface area (Å²) in [6, 6.07) is 5.61. The summed E-state index contributed by atoms with van der Waals surface area (Å²) in [6.07, 6.45) is 2.23. The van der Waals surface area contributed by atoms with Crippen LogP contribution in [-0.4, -0.2) is 30.2 Å². The second-order valence-electron chi connectivity index (χ2n) is 4.66. The fraction of sp³-hybridized carbons (Fsp3) is 0.467. The first-order chi connectivity index (χ1) is 10.0. The molecule has 1 aromatic rings. The number of carboxylic acids is 1. The number of carbonyl (C=O) groups excluding carboxylic acids is 1. The fourth-order valence-corrected chi connectivity index (χ4v) is 1.96. The van der Waals surface area contributed by atoms with Crippen LogP contribution in [0.3, 0.4) is 0 Å². The maximum Gasteiger partial charge on any atom is 0.321 e. The van der Waals surface area contributed by atoms with Gasteiger partial charge in [0.25, 0.3) is 0 Å². The van der Waals surface area contributed by atoms with Gasteiger partial charge < -0.3 is 10.4 Å². The highest BCUT2D eigenvalue weighted by Gasteiger charge is 2.13. The quantitative estimate of drug-likeness (QED) is 0.724. The molecule has 5 nitrogen and oxygen atoms in total. The van der Waals surface area contributed by atoms with Crippen molar-refractivity contribution in [2.24, 2.45) is 0 Å². The minimum atomic E-state index is -0.803. The van der Waals surface area contributed by atoms with Crippen molar-refractivity contribution in [3.8, 4) is 0 Å². The van der Waals surface area contributed by atoms with Crippen LogP contribution in [0.2, 0.25) is 0 Å². The first-order valence-electron chi connectivity index (χ1n) is 7.07. The summed E-state index contributed by atoms with van der Waals surface area (Å²) in [5, 5.41) is 11.3. The van der Waals surface area contributed by atoms with Gasteiger partial charge in [0.15, 0.2) is 0 Å². The summed E-state index contributed by atoms with van der Waals surface area (Å²) in [5.41, 5.74) is 0.515. The second-order valence-corrected chi connectivity index (χ2v) is 4.66. The van der Waals surface area contributed by atoms with Crippen LogP contribution in [0.5, 0.6) is 0 Å². The number of unbranched alkanes of at least 4 members (excludes halogenated alkanes) is 2. The molecule has 0 atom stereocenters. The highest BCUT2D eigenvalue weighted by molar-refractivity contribution is 5.91. The van der Waals surface area contributed by atoms with E-state index in [1.54, 1.807) is 12.1 Å². The molecule has 0 aliphatic heterocycles. The smallest absolute Gasteiger partial charge is 0.321 e. The minimum absolute atomic E-state index is 0.151. The molecular weight excluding hydrogens is 275 g/mol. The predicted molar refractivity (Wildman–Crippen MR) is 78.9 cm³/mol. The molecule has 0 aromatic heterocycles. The Hall–Kier alpha value is -2.11. The van der Waals surface area contributed by atoms with E-state index in [0.717, 1.165) is 12.8 Å². The van der Waals surface area contributed by atoms with E-state index in [0.29, 0.717) is 25.2 Å². The SMILES string of the molecule is CCN(C(=O)NCCCCCC(=O)O)c1cccc(F)c1. The van der Waals surface area contributed by atoms with Gasteiger partial charge in [0.1, 0.15) is 5.82 Å². The van der Waals surface area contributed by atoms with Crippen LogP contribution in [0.15, 0.2) is 24.3 Å². The number of nitrogens with one attached hydrogen (secondary N) is 1. The Morgan fingerprint density at radius 2 is 2.05 bits per heavy atom. The standard InChI is InChI=1S/C15H21FN2O3/c1-2-18(13-8-6-7-12(16)11-13)15(21)17-10-5-3-4-9-14(19)20/h6-8,11H,2-5,9-10H2,1H3,(H,17,21)(H,19,20). The summed E-state index contributed by atoms with van der Waals surface area (Å²) in [5.74, 6) is -1.19. The molecule has 0 aliphatic carbocycles. The van der Waals surface area contributed by atoms with Gasteiger partial charge in [-0.05, 0) is 38.0 Å². The molecule has 6 heteroatoms. The van der Waals surface area contributed by atoms with E-state index in [9.17, 15) is 14.0 Å². The molecule has 0 bridgehead atoms. The third-order valence-corrected chi connectivity index (χ3v) is 3.02. The number of carboxylic acid groups (broad SMARTS) is 1. The Morgan fingerprint density at radius 1 is 1.29 bits per heavy atom. The molecule has 0 saturated carbocycles. The van der Waals surface area contributed by atoms with Gasteiger partial charge in [0.05, 0.1) is 0 Å². The zero-order chi connectivity index (χ0) is 15.7. The lowest BCUT2D eigenvalue weighted by atomic mass is 10.2. The van der Waals surface area contributed by atoms with E-state index in [-0.39, 0.29) is 18.3 Å². The Bertz CT molecular complexity index is 480. The van der Waals surface area contributed by atoms with Crippen molar-refractivity contribution in [3.63, 3.8) is 0 Å². The summed E-state index contributed by atoms with van der Waals surface area (Å²) in [6.45, 7) is 2.73. The maximum atomic E-state index is 13.2. The van der Waals surface area contributed by atoms with E-state index in [1.807, 2.05) is 6.92 Å². The Morgan fingerprint density at radius 3 is 2.67 bits per heavy atom. The number of urea groups is 1. The number of amides is 2. The zero-order valence-corrected chi connectivity index (χ0v) is 12.1. The van der Waals surface area contributed by atoms with E-state index in [1.165, 1.54) is 17.0 Å². The number of halogens is 1. The van der Waals surface area contributed by atoms with Crippen molar-refractivity contribution in [1.82, 2.24) is 5.32 Å². The van der Waals surface area contributed by atoms with Gasteiger partial charge in [-0.25, -0.2) is 9.18 Å². The molecular formula is C15H21FN2O3. The van der Waals surface area contributed by atoms with Crippen LogP contribution in [0.1, 0.15) is 32.6 Å². The highest BCUT2D eigenvalue weighted by Crippen LogP contribution is 2.15. The molecule has 0 aliphatic rings. The minimum Gasteiger partial charge on any atom is -0.481 e. The summed E-state index contributed by atoms with van der Waals surface area (Å²) >= 11 is 0. The van der Waals surface area contributed by atoms with Crippen molar-refractivity contribution < 1.29 is 19.1 Å². The Kier molecular flexibility index (Phi) is 7.21. The third-order valence-electron chi connectivity index (χ3n) is 3.02. The number of aliphatic carboxylic acids is 1. The first-order valence-corrected chi connectivity index (χ1v) is 7.07. The molecule has 1 aromatic carbocycles. The van der Waals surface area contributed by atoms with Crippen molar-refractivity contribution in [2.75, 3.05) is 18.0 Å². The number of anilines is 1. The third kappa shape index (κ3) is 6.25. The molecule has 0 saturated heterocycles. The van der Waals surface area contributed by atoms with Crippen molar-refractivity contribution in [2.45, 2.75) is 32.6 Å². The second kappa shape index (κ2) is 8.94. The number of carbonyl (C=O) groups is 2. The average molecular weight is 296 g/mol. The largest absolute Gasteiger partial charge is 0.481 e. The van der Waals surface area contributed by atoms with Crippen LogP contribution in [0.4, 0.5) is 14.9 Å². The van der Waals surface area contributed by atoms with Crippen molar-refractivity contribution >= 4 is 17.7 Å². The van der Waals surface area contributed by atoms with Gasteiger partial charge in [-0.1, -0.05) is 12.5 Å². The number of hydrogen-bond donors (Lipinski definition) is 2. The number of hydrogen-bond acceptors (Lipinski definition) is 2. The predicted octanol–water partition coefficient (Wildman–Crippen LogP) is 3.01. The molecule has 0 fully saturated rings. The van der Waals surface area contributed by atoms with E-state index in [2.05, 4.69) is 5.32 Å². The first kappa shape index (κ1) is 16.9. The van der Waals surface area contributed by atoms with Crippen molar-refractivity contribution in [3.05, 3.63) is 30.1 Å². The number of nitrogens with zero attached hydrogens (tertiary/aromatic N) is 1. The van der Waals surface area contributed by atoms with Crippen LogP contribution in [-0.2, 0) is 4.79 Å². The van der Waals surface area contributed by atoms with Gasteiger partial charge in [0.2, 0.25) is 0 Å².